The van der Waals surface area contributed by atoms with Gasteiger partial charge in [-0.25, -0.2) is 4.79 Å². The van der Waals surface area contributed by atoms with E-state index in [4.69, 9.17) is 10.5 Å². The van der Waals surface area contributed by atoms with E-state index < -0.39 is 11.5 Å². The molecule has 132 valence electrons. The number of nitrogen functional groups attached to an aromatic ring is 1. The Morgan fingerprint density at radius 1 is 1.12 bits per heavy atom. The quantitative estimate of drug-likeness (QED) is 0.676. The Labute approximate surface area is 148 Å². The minimum atomic E-state index is -1.04. The normalized spacial score (nSPS) is 14.2. The van der Waals surface area contributed by atoms with E-state index in [1.165, 1.54) is 12.0 Å². The summed E-state index contributed by atoms with van der Waals surface area (Å²) in [6.07, 6.45) is 8.21. The number of benzene rings is 1. The third-order valence-corrected chi connectivity index (χ3v) is 4.44. The van der Waals surface area contributed by atoms with E-state index in [2.05, 4.69) is 0 Å². The van der Waals surface area contributed by atoms with Gasteiger partial charge >= 0.3 is 5.97 Å². The molecule has 1 aromatic rings. The molecule has 0 unspecified atom stereocenters. The number of nitrogens with two attached hydrogens (primary N) is 1. The highest BCUT2D eigenvalue weighted by Gasteiger charge is 2.37. The van der Waals surface area contributed by atoms with Crippen molar-refractivity contribution < 1.29 is 14.3 Å². The van der Waals surface area contributed by atoms with Crippen LogP contribution in [0.4, 0.5) is 5.69 Å². The molecule has 0 fully saturated rings. The first-order chi connectivity index (χ1) is 11.8. The van der Waals surface area contributed by atoms with E-state index >= 15 is 0 Å². The van der Waals surface area contributed by atoms with Crippen LogP contribution in [0.15, 0.2) is 54.1 Å². The number of anilines is 1. The summed E-state index contributed by atoms with van der Waals surface area (Å²) < 4.78 is 4.79. The summed E-state index contributed by atoms with van der Waals surface area (Å²) in [7, 11) is 2.92. The molecule has 0 bridgehead atoms. The van der Waals surface area contributed by atoms with Gasteiger partial charge < -0.3 is 15.4 Å². The third-order valence-electron chi connectivity index (χ3n) is 4.44. The Hall–Kier alpha value is -2.82. The van der Waals surface area contributed by atoms with Gasteiger partial charge in [0.25, 0.3) is 5.91 Å². The standard InChI is InChI=1S/C20H24N2O3/c1-20(2,19(24)25-4)22(3)18(23)16-7-5-6-14(8-9-16)15-10-12-17(21)13-11-15/h6-13H,5,21H2,1-4H3. The second kappa shape index (κ2) is 7.38. The summed E-state index contributed by atoms with van der Waals surface area (Å²) in [5, 5.41) is 0. The molecular formula is C20H24N2O3. The summed E-state index contributed by atoms with van der Waals surface area (Å²) in [4.78, 5) is 26.1. The Morgan fingerprint density at radius 2 is 1.76 bits per heavy atom. The second-order valence-electron chi connectivity index (χ2n) is 6.42. The lowest BCUT2D eigenvalue weighted by molar-refractivity contribution is -0.156. The molecule has 1 aliphatic rings. The average molecular weight is 340 g/mol. The van der Waals surface area contributed by atoms with Gasteiger partial charge in [-0.15, -0.1) is 0 Å². The Balaban J connectivity index is 2.18. The van der Waals surface area contributed by atoms with Crippen molar-refractivity contribution in [2.75, 3.05) is 19.9 Å². The van der Waals surface area contributed by atoms with E-state index in [0.29, 0.717) is 17.7 Å². The topological polar surface area (TPSA) is 72.6 Å². The first kappa shape index (κ1) is 18.5. The van der Waals surface area contributed by atoms with Crippen LogP contribution in [0.5, 0.6) is 0 Å². The second-order valence-corrected chi connectivity index (χ2v) is 6.42. The van der Waals surface area contributed by atoms with Crippen molar-refractivity contribution in [2.24, 2.45) is 0 Å². The number of carbonyl (C=O) groups is 2. The molecular weight excluding hydrogens is 316 g/mol. The number of nitrogens with zero attached hydrogens (tertiary/aromatic N) is 1. The molecule has 0 radical (unpaired) electrons. The minimum Gasteiger partial charge on any atom is -0.467 e. The predicted molar refractivity (Wildman–Crippen MR) is 99.5 cm³/mol. The maximum absolute atomic E-state index is 12.8. The number of amides is 1. The Kier molecular flexibility index (Phi) is 5.47. The zero-order chi connectivity index (χ0) is 18.6. The van der Waals surface area contributed by atoms with E-state index in [0.717, 1.165) is 11.1 Å². The van der Waals surface area contributed by atoms with Crippen LogP contribution in [0.2, 0.25) is 0 Å². The molecule has 2 N–H and O–H groups in total. The lowest BCUT2D eigenvalue weighted by Crippen LogP contribution is -2.51. The molecule has 1 aromatic carbocycles. The van der Waals surface area contributed by atoms with Crippen molar-refractivity contribution in [1.29, 1.82) is 0 Å². The zero-order valence-electron chi connectivity index (χ0n) is 15.1. The number of esters is 1. The molecule has 0 aliphatic heterocycles. The largest absolute Gasteiger partial charge is 0.467 e. The van der Waals surface area contributed by atoms with E-state index in [-0.39, 0.29) is 5.91 Å². The van der Waals surface area contributed by atoms with Crippen molar-refractivity contribution in [3.8, 4) is 0 Å². The number of hydrogen-bond donors (Lipinski definition) is 1. The highest BCUT2D eigenvalue weighted by Crippen LogP contribution is 2.24. The summed E-state index contributed by atoms with van der Waals surface area (Å²) in [6.45, 7) is 3.32. The van der Waals surface area contributed by atoms with Crippen LogP contribution in [0.25, 0.3) is 5.57 Å². The van der Waals surface area contributed by atoms with Crippen LogP contribution in [0.3, 0.4) is 0 Å². The fourth-order valence-electron chi connectivity index (χ4n) is 2.51. The number of likely N-dealkylation sites (N-methyl/N-ethyl adjacent to an activating group) is 1. The molecule has 2 rings (SSSR count). The van der Waals surface area contributed by atoms with Gasteiger partial charge in [-0.3, -0.25) is 4.79 Å². The van der Waals surface area contributed by atoms with Crippen molar-refractivity contribution >= 4 is 23.1 Å². The average Bonchev–Trinajstić information content (AvgIpc) is 2.86. The highest BCUT2D eigenvalue weighted by molar-refractivity contribution is 6.00. The van der Waals surface area contributed by atoms with E-state index in [1.807, 2.05) is 42.5 Å². The predicted octanol–water partition coefficient (Wildman–Crippen LogP) is 2.95. The Bertz CT molecular complexity index is 756. The highest BCUT2D eigenvalue weighted by atomic mass is 16.5. The molecule has 25 heavy (non-hydrogen) atoms. The van der Waals surface area contributed by atoms with Gasteiger partial charge in [-0.1, -0.05) is 30.4 Å². The SMILES string of the molecule is COC(=O)C(C)(C)N(C)C(=O)C1=CCC=C(c2ccc(N)cc2)C=C1. The van der Waals surface area contributed by atoms with Gasteiger partial charge in [0.2, 0.25) is 0 Å². The summed E-state index contributed by atoms with van der Waals surface area (Å²) in [5.74, 6) is -0.680. The number of hydrogen-bond acceptors (Lipinski definition) is 4. The van der Waals surface area contributed by atoms with Crippen LogP contribution in [-0.4, -0.2) is 36.5 Å². The summed E-state index contributed by atoms with van der Waals surface area (Å²) in [5.41, 5.74) is 7.99. The molecule has 1 amide bonds. The van der Waals surface area contributed by atoms with Gasteiger partial charge in [0, 0.05) is 18.3 Å². The number of rotatable bonds is 4. The van der Waals surface area contributed by atoms with Crippen molar-refractivity contribution in [2.45, 2.75) is 25.8 Å². The number of ether oxygens (including phenoxy) is 1. The third kappa shape index (κ3) is 3.99. The maximum atomic E-state index is 12.8. The Morgan fingerprint density at radius 3 is 2.36 bits per heavy atom. The van der Waals surface area contributed by atoms with Gasteiger partial charge in [-0.05, 0) is 49.6 Å². The van der Waals surface area contributed by atoms with Gasteiger partial charge in [0.15, 0.2) is 0 Å². The van der Waals surface area contributed by atoms with Gasteiger partial charge in [-0.2, -0.15) is 0 Å². The van der Waals surface area contributed by atoms with Crippen LogP contribution in [0, 0.1) is 0 Å². The molecule has 0 atom stereocenters. The van der Waals surface area contributed by atoms with Gasteiger partial charge in [0.1, 0.15) is 5.54 Å². The minimum absolute atomic E-state index is 0.224. The van der Waals surface area contributed by atoms with E-state index in [1.54, 1.807) is 27.0 Å². The molecule has 0 saturated heterocycles. The van der Waals surface area contributed by atoms with Crippen LogP contribution < -0.4 is 5.73 Å². The smallest absolute Gasteiger partial charge is 0.331 e. The molecule has 0 aromatic heterocycles. The molecule has 1 aliphatic carbocycles. The molecule has 0 heterocycles. The lowest BCUT2D eigenvalue weighted by Gasteiger charge is -2.33. The monoisotopic (exact) mass is 340 g/mol. The van der Waals surface area contributed by atoms with Crippen molar-refractivity contribution in [3.05, 3.63) is 59.7 Å². The fraction of sp³-hybridized carbons (Fsp3) is 0.300. The summed E-state index contributed by atoms with van der Waals surface area (Å²) in [6, 6.07) is 7.59. The molecule has 0 spiro atoms. The zero-order valence-corrected chi connectivity index (χ0v) is 15.1. The number of methoxy groups -OCH3 is 1. The number of carbonyl (C=O) groups excluding carboxylic acids is 2. The maximum Gasteiger partial charge on any atom is 0.331 e. The van der Waals surface area contributed by atoms with Crippen molar-refractivity contribution in [1.82, 2.24) is 4.90 Å². The lowest BCUT2D eigenvalue weighted by atomic mass is 10.0. The molecule has 5 nitrogen and oxygen atoms in total. The molecule has 0 saturated carbocycles. The van der Waals surface area contributed by atoms with Crippen LogP contribution in [-0.2, 0) is 14.3 Å². The van der Waals surface area contributed by atoms with Crippen LogP contribution >= 0.6 is 0 Å². The van der Waals surface area contributed by atoms with Crippen LogP contribution in [0.1, 0.15) is 25.8 Å². The first-order valence-electron chi connectivity index (χ1n) is 8.08. The fourth-order valence-corrected chi connectivity index (χ4v) is 2.51. The molecule has 5 heteroatoms. The first-order valence-corrected chi connectivity index (χ1v) is 8.08. The van der Waals surface area contributed by atoms with Crippen molar-refractivity contribution in [3.63, 3.8) is 0 Å². The van der Waals surface area contributed by atoms with Gasteiger partial charge in [0.05, 0.1) is 7.11 Å². The number of allylic oxidation sites excluding steroid dienone is 4. The summed E-state index contributed by atoms with van der Waals surface area (Å²) >= 11 is 0. The van der Waals surface area contributed by atoms with E-state index in [9.17, 15) is 9.59 Å².